The average Bonchev–Trinajstić information content (AvgIpc) is 3.14. The van der Waals surface area contributed by atoms with Crippen molar-refractivity contribution in [1.82, 2.24) is 14.9 Å². The van der Waals surface area contributed by atoms with Crippen molar-refractivity contribution in [3.8, 4) is 21.1 Å². The molecule has 1 aliphatic rings. The van der Waals surface area contributed by atoms with Gasteiger partial charge < -0.3 is 15.8 Å². The van der Waals surface area contributed by atoms with E-state index in [0.717, 1.165) is 41.6 Å². The summed E-state index contributed by atoms with van der Waals surface area (Å²) >= 11 is 1.53. The van der Waals surface area contributed by atoms with Gasteiger partial charge in [0.2, 0.25) is 0 Å². The molecule has 2 amide bonds. The summed E-state index contributed by atoms with van der Waals surface area (Å²) in [5.41, 5.74) is 8.30. The molecule has 8 heteroatoms. The van der Waals surface area contributed by atoms with Crippen molar-refractivity contribution in [3.63, 3.8) is 0 Å². The largest absolute Gasteiger partial charge is 0.379 e. The molecule has 0 aliphatic carbocycles. The summed E-state index contributed by atoms with van der Waals surface area (Å²) in [7, 11) is 0. The lowest BCUT2D eigenvalue weighted by atomic mass is 10.1. The first-order chi connectivity index (χ1) is 14.1. The Labute approximate surface area is 173 Å². The molecule has 7 nitrogen and oxygen atoms in total. The normalized spacial score (nSPS) is 17.2. The molecule has 150 valence electrons. The van der Waals surface area contributed by atoms with Gasteiger partial charge in [0.05, 0.1) is 23.8 Å². The summed E-state index contributed by atoms with van der Waals surface area (Å²) in [6, 6.07) is 12.0. The number of nitrogens with zero attached hydrogens (tertiary/aromatic N) is 3. The molecule has 3 heterocycles. The van der Waals surface area contributed by atoms with Gasteiger partial charge in [-0.1, -0.05) is 24.3 Å². The number of hydrogen-bond acceptors (Lipinski definition) is 6. The highest BCUT2D eigenvalue weighted by Gasteiger charge is 2.19. The molecule has 1 aromatic carbocycles. The molecule has 0 spiro atoms. The number of nitrogens with one attached hydrogen (secondary N) is 1. The van der Waals surface area contributed by atoms with Gasteiger partial charge in [-0.2, -0.15) is 0 Å². The molecule has 0 unspecified atom stereocenters. The van der Waals surface area contributed by atoms with Crippen molar-refractivity contribution in [2.75, 3.05) is 25.1 Å². The summed E-state index contributed by atoms with van der Waals surface area (Å²) < 4.78 is 5.51. The lowest BCUT2D eigenvalue weighted by Gasteiger charge is -2.33. The lowest BCUT2D eigenvalue weighted by molar-refractivity contribution is -0.00436. The Kier molecular flexibility index (Phi) is 5.84. The van der Waals surface area contributed by atoms with Crippen LogP contribution in [0.1, 0.15) is 12.5 Å². The highest BCUT2D eigenvalue weighted by Crippen LogP contribution is 2.40. The van der Waals surface area contributed by atoms with Crippen molar-refractivity contribution in [3.05, 3.63) is 54.4 Å². The minimum Gasteiger partial charge on any atom is -0.379 e. The Morgan fingerprint density at radius 1 is 1.31 bits per heavy atom. The van der Waals surface area contributed by atoms with Gasteiger partial charge >= 0.3 is 6.03 Å². The van der Waals surface area contributed by atoms with Crippen molar-refractivity contribution in [1.29, 1.82) is 0 Å². The zero-order valence-corrected chi connectivity index (χ0v) is 17.0. The predicted octanol–water partition coefficient (Wildman–Crippen LogP) is 3.58. The molecule has 4 rings (SSSR count). The summed E-state index contributed by atoms with van der Waals surface area (Å²) in [5.74, 6) is 0.561. The Hall–Kier alpha value is -2.81. The van der Waals surface area contributed by atoms with E-state index in [9.17, 15) is 4.79 Å². The first-order valence-electron chi connectivity index (χ1n) is 9.49. The SMILES string of the molecule is C[C@H]1COCCN1Cc1ccc(-c2cc(NC(N)=O)c(-c3ncccn3)s2)cc1. The van der Waals surface area contributed by atoms with Crippen molar-refractivity contribution in [2.24, 2.45) is 5.73 Å². The van der Waals surface area contributed by atoms with Gasteiger partial charge in [0.25, 0.3) is 0 Å². The number of anilines is 1. The number of rotatable bonds is 5. The van der Waals surface area contributed by atoms with Gasteiger partial charge in [0.1, 0.15) is 0 Å². The molecule has 3 aromatic rings. The van der Waals surface area contributed by atoms with E-state index in [1.807, 2.05) is 6.07 Å². The second-order valence-corrected chi connectivity index (χ2v) is 8.06. The average molecular weight is 410 g/mol. The number of amides is 2. The topological polar surface area (TPSA) is 93.4 Å². The summed E-state index contributed by atoms with van der Waals surface area (Å²) in [4.78, 5) is 24.3. The van der Waals surface area contributed by atoms with E-state index in [-0.39, 0.29) is 0 Å². The van der Waals surface area contributed by atoms with Crippen LogP contribution in [0.5, 0.6) is 0 Å². The Morgan fingerprint density at radius 2 is 2.07 bits per heavy atom. The van der Waals surface area contributed by atoms with Crippen LogP contribution in [0.3, 0.4) is 0 Å². The van der Waals surface area contributed by atoms with E-state index in [1.54, 1.807) is 18.5 Å². The quantitative estimate of drug-likeness (QED) is 0.672. The second kappa shape index (κ2) is 8.69. The van der Waals surface area contributed by atoms with E-state index in [1.165, 1.54) is 16.9 Å². The minimum atomic E-state index is -0.610. The zero-order valence-electron chi connectivity index (χ0n) is 16.2. The van der Waals surface area contributed by atoms with Gasteiger partial charge in [-0.25, -0.2) is 14.8 Å². The highest BCUT2D eigenvalue weighted by molar-refractivity contribution is 7.19. The molecule has 0 bridgehead atoms. The number of nitrogens with two attached hydrogens (primary N) is 1. The maximum atomic E-state index is 11.4. The maximum absolute atomic E-state index is 11.4. The van der Waals surface area contributed by atoms with Crippen LogP contribution in [0.15, 0.2) is 48.8 Å². The molecule has 29 heavy (non-hydrogen) atoms. The first-order valence-corrected chi connectivity index (χ1v) is 10.3. The molecule has 3 N–H and O–H groups in total. The molecule has 1 atom stereocenters. The van der Waals surface area contributed by atoms with Crippen LogP contribution < -0.4 is 11.1 Å². The molecule has 0 saturated carbocycles. The maximum Gasteiger partial charge on any atom is 0.316 e. The highest BCUT2D eigenvalue weighted by atomic mass is 32.1. The number of urea groups is 1. The molecule has 1 fully saturated rings. The fourth-order valence-electron chi connectivity index (χ4n) is 3.35. The summed E-state index contributed by atoms with van der Waals surface area (Å²) in [6.07, 6.45) is 3.36. The van der Waals surface area contributed by atoms with Gasteiger partial charge in [-0.3, -0.25) is 4.90 Å². The smallest absolute Gasteiger partial charge is 0.316 e. The van der Waals surface area contributed by atoms with E-state index in [2.05, 4.69) is 51.4 Å². The number of thiophene rings is 1. The van der Waals surface area contributed by atoms with Gasteiger partial charge in [0, 0.05) is 36.4 Å². The first kappa shape index (κ1) is 19.5. The number of hydrogen-bond donors (Lipinski definition) is 2. The van der Waals surface area contributed by atoms with Crippen LogP contribution in [0.2, 0.25) is 0 Å². The molecule has 0 radical (unpaired) electrons. The van der Waals surface area contributed by atoms with Gasteiger partial charge in [0.15, 0.2) is 5.82 Å². The van der Waals surface area contributed by atoms with Crippen LogP contribution in [-0.4, -0.2) is 46.7 Å². The Balaban J connectivity index is 1.58. The number of primary amides is 1. The third-order valence-electron chi connectivity index (χ3n) is 4.89. The minimum absolute atomic E-state index is 0.427. The van der Waals surface area contributed by atoms with Crippen LogP contribution >= 0.6 is 11.3 Å². The van der Waals surface area contributed by atoms with Crippen molar-refractivity contribution < 1.29 is 9.53 Å². The van der Waals surface area contributed by atoms with Gasteiger partial charge in [-0.15, -0.1) is 11.3 Å². The fraction of sp³-hybridized carbons (Fsp3) is 0.286. The molecule has 1 saturated heterocycles. The number of benzene rings is 1. The monoisotopic (exact) mass is 409 g/mol. The lowest BCUT2D eigenvalue weighted by Crippen LogP contribution is -2.42. The molecule has 1 aliphatic heterocycles. The van der Waals surface area contributed by atoms with Gasteiger partial charge in [-0.05, 0) is 30.2 Å². The third kappa shape index (κ3) is 4.61. The number of carbonyl (C=O) groups excluding carboxylic acids is 1. The second-order valence-electron chi connectivity index (χ2n) is 7.01. The van der Waals surface area contributed by atoms with Crippen LogP contribution in [0, 0.1) is 0 Å². The number of aromatic nitrogens is 2. The van der Waals surface area contributed by atoms with E-state index >= 15 is 0 Å². The molecular weight excluding hydrogens is 386 g/mol. The van der Waals surface area contributed by atoms with E-state index in [0.29, 0.717) is 17.6 Å². The zero-order chi connectivity index (χ0) is 20.2. The summed E-state index contributed by atoms with van der Waals surface area (Å²) in [6.45, 7) is 5.63. The Bertz CT molecular complexity index is 974. The van der Waals surface area contributed by atoms with Crippen LogP contribution in [0.4, 0.5) is 10.5 Å². The predicted molar refractivity (Wildman–Crippen MR) is 115 cm³/mol. The third-order valence-corrected chi connectivity index (χ3v) is 6.07. The van der Waals surface area contributed by atoms with Crippen LogP contribution in [-0.2, 0) is 11.3 Å². The fourth-order valence-corrected chi connectivity index (χ4v) is 4.41. The summed E-state index contributed by atoms with van der Waals surface area (Å²) in [5, 5.41) is 2.68. The standard InChI is InChI=1S/C21H23N5O2S/c1-14-13-28-10-9-26(14)12-15-3-5-16(6-4-15)18-11-17(25-21(22)27)19(29-18)20-23-7-2-8-24-20/h2-8,11,14H,9-10,12-13H2,1H3,(H3,22,25,27)/t14-/m0/s1. The van der Waals surface area contributed by atoms with E-state index < -0.39 is 6.03 Å². The van der Waals surface area contributed by atoms with Crippen molar-refractivity contribution >= 4 is 23.1 Å². The number of carbonyl (C=O) groups is 1. The van der Waals surface area contributed by atoms with E-state index in [4.69, 9.17) is 10.5 Å². The van der Waals surface area contributed by atoms with Crippen LogP contribution in [0.25, 0.3) is 21.1 Å². The molecule has 2 aromatic heterocycles. The Morgan fingerprint density at radius 3 is 2.76 bits per heavy atom. The van der Waals surface area contributed by atoms with Crippen molar-refractivity contribution in [2.45, 2.75) is 19.5 Å². The number of ether oxygens (including phenoxy) is 1. The number of morpholine rings is 1. The molecular formula is C21H23N5O2S.